The summed E-state index contributed by atoms with van der Waals surface area (Å²) in [5.74, 6) is -0.155. The van der Waals surface area contributed by atoms with Gasteiger partial charge in [0.25, 0.3) is 0 Å². The Bertz CT molecular complexity index is 851. The number of carboxylic acid groups (broad SMARTS) is 1. The number of hydrogen-bond acceptors (Lipinski definition) is 7. The smallest absolute Gasteiger partial charge is 0.320 e. The molecule has 8 nitrogen and oxygen atoms in total. The average molecular weight is 522 g/mol. The Kier molecular flexibility index (Phi) is 11.8. The van der Waals surface area contributed by atoms with Gasteiger partial charge in [-0.15, -0.1) is 0 Å². The van der Waals surface area contributed by atoms with Crippen LogP contribution in [-0.4, -0.2) is 52.5 Å². The molecule has 0 spiro atoms. The monoisotopic (exact) mass is 521 g/mol. The molecule has 0 aromatic carbocycles. The number of ether oxygens (including phenoxy) is 2. The van der Waals surface area contributed by atoms with Gasteiger partial charge in [0.15, 0.2) is 0 Å². The zero-order chi connectivity index (χ0) is 27.9. The third kappa shape index (κ3) is 8.95. The largest absolute Gasteiger partial charge is 0.480 e. The van der Waals surface area contributed by atoms with Crippen LogP contribution in [0.5, 0.6) is 0 Å². The van der Waals surface area contributed by atoms with E-state index in [4.69, 9.17) is 20.3 Å². The second-order valence-electron chi connectivity index (χ2n) is 11.5. The molecule has 3 aliphatic rings. The number of nitrogens with two attached hydrogens (primary N) is 1. The Morgan fingerprint density at radius 2 is 1.86 bits per heavy atom. The molecular formula is C29H47NO7. The van der Waals surface area contributed by atoms with Crippen LogP contribution in [-0.2, 0) is 23.9 Å². The number of hydrogen-bond donors (Lipinski definition) is 3. The van der Waals surface area contributed by atoms with Crippen LogP contribution in [0.3, 0.4) is 0 Å². The molecule has 37 heavy (non-hydrogen) atoms. The van der Waals surface area contributed by atoms with Crippen LogP contribution in [0.25, 0.3) is 0 Å². The molecular weight excluding hydrogens is 474 g/mol. The molecule has 4 N–H and O–H groups in total. The maximum Gasteiger partial charge on any atom is 0.320 e. The Morgan fingerprint density at radius 3 is 2.41 bits per heavy atom. The van der Waals surface area contributed by atoms with Crippen molar-refractivity contribution in [1.82, 2.24) is 0 Å². The van der Waals surface area contributed by atoms with Crippen LogP contribution in [0.4, 0.5) is 0 Å². The first-order chi connectivity index (χ1) is 17.3. The van der Waals surface area contributed by atoms with Crippen molar-refractivity contribution in [3.8, 4) is 0 Å². The van der Waals surface area contributed by atoms with Gasteiger partial charge in [-0.25, -0.2) is 0 Å². The fourth-order valence-corrected chi connectivity index (χ4v) is 5.36. The molecule has 2 aliphatic carbocycles. The number of cyclic esters (lactones) is 1. The molecule has 0 aromatic heterocycles. The van der Waals surface area contributed by atoms with E-state index >= 15 is 0 Å². The van der Waals surface area contributed by atoms with Crippen molar-refractivity contribution in [2.75, 3.05) is 0 Å². The van der Waals surface area contributed by atoms with Crippen molar-refractivity contribution in [1.29, 1.82) is 0 Å². The van der Waals surface area contributed by atoms with Gasteiger partial charge in [0.05, 0.1) is 18.4 Å². The van der Waals surface area contributed by atoms with Gasteiger partial charge in [0.1, 0.15) is 18.2 Å². The van der Waals surface area contributed by atoms with E-state index in [9.17, 15) is 19.5 Å². The van der Waals surface area contributed by atoms with Crippen LogP contribution < -0.4 is 5.73 Å². The molecule has 0 aromatic rings. The van der Waals surface area contributed by atoms with Crippen LogP contribution in [0, 0.1) is 35.5 Å². The summed E-state index contributed by atoms with van der Waals surface area (Å²) in [5.41, 5.74) is 6.43. The van der Waals surface area contributed by atoms with Crippen LogP contribution >= 0.6 is 0 Å². The number of aliphatic carboxylic acids is 1. The van der Waals surface area contributed by atoms with E-state index in [0.29, 0.717) is 24.2 Å². The van der Waals surface area contributed by atoms with Gasteiger partial charge in [-0.05, 0) is 54.9 Å². The number of aliphatic hydroxyl groups is 1. The summed E-state index contributed by atoms with van der Waals surface area (Å²) in [5, 5.41) is 18.1. The van der Waals surface area contributed by atoms with Crippen molar-refractivity contribution < 1.29 is 34.1 Å². The molecule has 0 radical (unpaired) electrons. The van der Waals surface area contributed by atoms with Crippen molar-refractivity contribution in [3.63, 3.8) is 0 Å². The van der Waals surface area contributed by atoms with E-state index in [1.807, 2.05) is 13.8 Å². The Morgan fingerprint density at radius 1 is 1.19 bits per heavy atom. The van der Waals surface area contributed by atoms with Crippen molar-refractivity contribution in [2.45, 2.75) is 104 Å². The molecule has 0 bridgehead atoms. The second kappa shape index (κ2) is 14.1. The number of rotatable bonds is 8. The summed E-state index contributed by atoms with van der Waals surface area (Å²) >= 11 is 0. The van der Waals surface area contributed by atoms with E-state index in [0.717, 1.165) is 25.7 Å². The highest BCUT2D eigenvalue weighted by molar-refractivity contribution is 5.73. The lowest BCUT2D eigenvalue weighted by molar-refractivity contribution is -0.162. The minimum atomic E-state index is -0.931. The highest BCUT2D eigenvalue weighted by Gasteiger charge is 2.42. The number of allylic oxidation sites excluding steroid dienone is 3. The minimum Gasteiger partial charge on any atom is -0.480 e. The number of carboxylic acids is 1. The summed E-state index contributed by atoms with van der Waals surface area (Å²) in [4.78, 5) is 34.2. The van der Waals surface area contributed by atoms with Gasteiger partial charge in [-0.3, -0.25) is 14.4 Å². The molecule has 0 unspecified atom stereocenters. The molecule has 3 rings (SSSR count). The third-order valence-electron chi connectivity index (χ3n) is 7.94. The lowest BCUT2D eigenvalue weighted by atomic mass is 9.65. The Hall–Kier alpha value is -2.19. The zero-order valence-corrected chi connectivity index (χ0v) is 23.3. The first-order valence-corrected chi connectivity index (χ1v) is 13.8. The predicted octanol–water partition coefficient (Wildman–Crippen LogP) is 4.25. The topological polar surface area (TPSA) is 136 Å². The van der Waals surface area contributed by atoms with Gasteiger partial charge < -0.3 is 25.4 Å². The van der Waals surface area contributed by atoms with Crippen LogP contribution in [0.2, 0.25) is 0 Å². The van der Waals surface area contributed by atoms with E-state index in [-0.39, 0.29) is 48.3 Å². The molecule has 9 atom stereocenters. The minimum absolute atomic E-state index is 0.0208. The highest BCUT2D eigenvalue weighted by Crippen LogP contribution is 2.45. The quantitative estimate of drug-likeness (QED) is 0.403. The number of fused-ring (bicyclic) bond motifs is 1. The molecule has 0 saturated carbocycles. The second-order valence-corrected chi connectivity index (χ2v) is 11.5. The molecule has 1 heterocycles. The molecule has 0 amide bonds. The maximum absolute atomic E-state index is 12.5. The summed E-state index contributed by atoms with van der Waals surface area (Å²) in [6.45, 7) is 11.9. The summed E-state index contributed by atoms with van der Waals surface area (Å²) in [6.07, 6.45) is 9.70. The lowest BCUT2D eigenvalue weighted by Crippen LogP contribution is -2.42. The summed E-state index contributed by atoms with van der Waals surface area (Å²) in [7, 11) is 0. The van der Waals surface area contributed by atoms with E-state index in [1.165, 1.54) is 5.57 Å². The first kappa shape index (κ1) is 31.0. The van der Waals surface area contributed by atoms with Crippen molar-refractivity contribution >= 4 is 17.9 Å². The zero-order valence-electron chi connectivity index (χ0n) is 23.3. The SMILES string of the molecule is CC(C)[C@H](N)C(=O)O.CC[C@H](C)C(=O)O[C@H]1C[C@@H](C)C=C2C=C[C@H](C)[C@H](CC[C@@H]3C[C@@H](O)CC(=O)O3)[C@H]21. The van der Waals surface area contributed by atoms with E-state index in [1.54, 1.807) is 13.8 Å². The summed E-state index contributed by atoms with van der Waals surface area (Å²) < 4.78 is 11.5. The van der Waals surface area contributed by atoms with Crippen molar-refractivity contribution in [2.24, 2.45) is 41.2 Å². The van der Waals surface area contributed by atoms with Gasteiger partial charge >= 0.3 is 17.9 Å². The number of carbonyl (C=O) groups is 3. The highest BCUT2D eigenvalue weighted by atomic mass is 16.6. The standard InChI is InChI=1S/C24H36O5.C5H11NO2/c1-5-15(3)24(27)29-21-11-14(2)10-17-7-6-16(4)20(23(17)21)9-8-19-12-18(25)13-22(26)28-19;1-3(2)4(6)5(7)8/h6-7,10,14-16,18-21,23,25H,5,8-9,11-13H2,1-4H3;3-4H,6H2,1-2H3,(H,7,8)/t14-,15-,16-,18+,19+,20-,21-,23-;4-/m00/s1. The predicted molar refractivity (Wildman–Crippen MR) is 141 cm³/mol. The Labute approximate surface area is 221 Å². The van der Waals surface area contributed by atoms with Gasteiger partial charge in [0, 0.05) is 12.3 Å². The normalized spacial score (nSPS) is 32.7. The molecule has 1 aliphatic heterocycles. The third-order valence-corrected chi connectivity index (χ3v) is 7.94. The van der Waals surface area contributed by atoms with Gasteiger partial charge in [-0.2, -0.15) is 0 Å². The lowest BCUT2D eigenvalue weighted by Gasteiger charge is -2.43. The number of aliphatic hydroxyl groups excluding tert-OH is 1. The molecule has 1 fully saturated rings. The van der Waals surface area contributed by atoms with Crippen molar-refractivity contribution in [3.05, 3.63) is 23.8 Å². The fraction of sp³-hybridized carbons (Fsp3) is 0.759. The van der Waals surface area contributed by atoms with E-state index < -0.39 is 18.1 Å². The first-order valence-electron chi connectivity index (χ1n) is 13.8. The molecule has 8 heteroatoms. The maximum atomic E-state index is 12.5. The molecule has 210 valence electrons. The molecule has 1 saturated heterocycles. The average Bonchev–Trinajstić information content (AvgIpc) is 2.82. The summed E-state index contributed by atoms with van der Waals surface area (Å²) in [6, 6.07) is -0.713. The fourth-order valence-electron chi connectivity index (χ4n) is 5.36. The number of esters is 2. The van der Waals surface area contributed by atoms with E-state index in [2.05, 4.69) is 32.1 Å². The number of carbonyl (C=O) groups excluding carboxylic acids is 2. The van der Waals surface area contributed by atoms with Crippen LogP contribution in [0.15, 0.2) is 23.8 Å². The van der Waals surface area contributed by atoms with Gasteiger partial charge in [0.2, 0.25) is 0 Å². The van der Waals surface area contributed by atoms with Gasteiger partial charge in [-0.1, -0.05) is 59.8 Å². The Balaban J connectivity index is 0.000000521. The van der Waals surface area contributed by atoms with Crippen LogP contribution in [0.1, 0.15) is 80.1 Å².